The van der Waals surface area contributed by atoms with Crippen molar-refractivity contribution >= 4 is 5.91 Å². The molecular formula is C17H31N3O. The Bertz CT molecular complexity index is 384. The number of carbonyl (C=O) groups excluding carboxylic acids is 1. The van der Waals surface area contributed by atoms with Crippen LogP contribution in [0.25, 0.3) is 0 Å². The molecule has 0 bridgehead atoms. The topological polar surface area (TPSA) is 35.6 Å². The zero-order valence-corrected chi connectivity index (χ0v) is 13.8. The maximum atomic E-state index is 12.9. The largest absolute Gasteiger partial charge is 0.321 e. The van der Waals surface area contributed by atoms with Crippen LogP contribution in [0, 0.1) is 5.92 Å². The van der Waals surface area contributed by atoms with Crippen LogP contribution >= 0.6 is 0 Å². The lowest BCUT2D eigenvalue weighted by molar-refractivity contribution is -0.133. The molecule has 3 aliphatic rings. The minimum Gasteiger partial charge on any atom is -0.321 e. The molecule has 3 rings (SSSR count). The highest BCUT2D eigenvalue weighted by Crippen LogP contribution is 2.35. The van der Waals surface area contributed by atoms with Crippen LogP contribution in [0.3, 0.4) is 0 Å². The second-order valence-corrected chi connectivity index (χ2v) is 7.50. The number of amides is 1. The molecule has 3 fully saturated rings. The van der Waals surface area contributed by atoms with E-state index < -0.39 is 0 Å². The molecule has 3 aliphatic heterocycles. The summed E-state index contributed by atoms with van der Waals surface area (Å²) in [6, 6.07) is 1.14. The maximum Gasteiger partial charge on any atom is 0.241 e. The number of fused-ring (bicyclic) bond motifs is 1. The van der Waals surface area contributed by atoms with Crippen LogP contribution in [0.5, 0.6) is 0 Å². The standard InChI is InChI=1S/C17H31N3O/c1-4-6-16-18-13(11-12(2)3)17(21)20(16)15-8-10-19-9-5-7-14(15)19/h12-16,18H,4-11H2,1-3H3. The van der Waals surface area contributed by atoms with Crippen LogP contribution in [0.1, 0.15) is 59.3 Å². The Hall–Kier alpha value is -0.610. The van der Waals surface area contributed by atoms with Crippen molar-refractivity contribution in [2.45, 2.75) is 83.6 Å². The molecule has 4 atom stereocenters. The van der Waals surface area contributed by atoms with E-state index in [1.165, 1.54) is 32.4 Å². The molecule has 0 aromatic rings. The van der Waals surface area contributed by atoms with Crippen molar-refractivity contribution in [2.24, 2.45) is 5.92 Å². The number of nitrogens with zero attached hydrogens (tertiary/aromatic N) is 2. The van der Waals surface area contributed by atoms with Gasteiger partial charge in [0.2, 0.25) is 5.91 Å². The summed E-state index contributed by atoms with van der Waals surface area (Å²) in [6.45, 7) is 9.06. The fraction of sp³-hybridized carbons (Fsp3) is 0.941. The van der Waals surface area contributed by atoms with E-state index in [-0.39, 0.29) is 12.2 Å². The lowest BCUT2D eigenvalue weighted by atomic mass is 10.0. The van der Waals surface area contributed by atoms with Crippen LogP contribution in [-0.2, 0) is 4.79 Å². The average Bonchev–Trinajstić information content (AvgIpc) is 3.07. The third-order valence-corrected chi connectivity index (χ3v) is 5.48. The van der Waals surface area contributed by atoms with Crippen LogP contribution in [0.4, 0.5) is 0 Å². The summed E-state index contributed by atoms with van der Waals surface area (Å²) in [7, 11) is 0. The minimum atomic E-state index is 0.0528. The van der Waals surface area contributed by atoms with Gasteiger partial charge in [-0.2, -0.15) is 0 Å². The Kier molecular flexibility index (Phi) is 4.55. The van der Waals surface area contributed by atoms with Gasteiger partial charge in [-0.3, -0.25) is 15.0 Å². The average molecular weight is 293 g/mol. The van der Waals surface area contributed by atoms with Gasteiger partial charge in [-0.15, -0.1) is 0 Å². The van der Waals surface area contributed by atoms with E-state index >= 15 is 0 Å². The first-order valence-corrected chi connectivity index (χ1v) is 8.94. The quantitative estimate of drug-likeness (QED) is 0.844. The molecule has 0 aromatic carbocycles. The van der Waals surface area contributed by atoms with Crippen LogP contribution in [0.15, 0.2) is 0 Å². The Labute approximate surface area is 129 Å². The molecule has 1 amide bonds. The molecule has 0 spiro atoms. The predicted molar refractivity (Wildman–Crippen MR) is 84.9 cm³/mol. The zero-order chi connectivity index (χ0) is 15.0. The molecule has 3 heterocycles. The van der Waals surface area contributed by atoms with Gasteiger partial charge >= 0.3 is 0 Å². The van der Waals surface area contributed by atoms with E-state index in [1.807, 2.05) is 0 Å². The molecule has 0 aliphatic carbocycles. The number of rotatable bonds is 5. The van der Waals surface area contributed by atoms with E-state index in [9.17, 15) is 4.79 Å². The van der Waals surface area contributed by atoms with Gasteiger partial charge < -0.3 is 4.90 Å². The Balaban J connectivity index is 1.75. The van der Waals surface area contributed by atoms with Gasteiger partial charge in [0.25, 0.3) is 0 Å². The monoisotopic (exact) mass is 293 g/mol. The van der Waals surface area contributed by atoms with Crippen molar-refractivity contribution < 1.29 is 4.79 Å². The zero-order valence-electron chi connectivity index (χ0n) is 13.8. The molecule has 4 heteroatoms. The summed E-state index contributed by atoms with van der Waals surface area (Å²) >= 11 is 0. The normalized spacial score (nSPS) is 37.0. The predicted octanol–water partition coefficient (Wildman–Crippen LogP) is 2.20. The van der Waals surface area contributed by atoms with E-state index in [1.54, 1.807) is 0 Å². The fourth-order valence-corrected chi connectivity index (χ4v) is 4.63. The van der Waals surface area contributed by atoms with Crippen LogP contribution < -0.4 is 5.32 Å². The van der Waals surface area contributed by atoms with Gasteiger partial charge in [0.15, 0.2) is 0 Å². The van der Waals surface area contributed by atoms with Crippen molar-refractivity contribution in [3.63, 3.8) is 0 Å². The minimum absolute atomic E-state index is 0.0528. The molecule has 4 nitrogen and oxygen atoms in total. The molecule has 3 saturated heterocycles. The number of hydrogen-bond acceptors (Lipinski definition) is 3. The Morgan fingerprint density at radius 1 is 1.24 bits per heavy atom. The van der Waals surface area contributed by atoms with E-state index in [0.29, 0.717) is 23.9 Å². The van der Waals surface area contributed by atoms with Crippen molar-refractivity contribution in [3.8, 4) is 0 Å². The third-order valence-electron chi connectivity index (χ3n) is 5.48. The number of hydrogen-bond donors (Lipinski definition) is 1. The summed E-state index contributed by atoms with van der Waals surface area (Å²) in [5.41, 5.74) is 0. The van der Waals surface area contributed by atoms with Gasteiger partial charge in [-0.1, -0.05) is 27.2 Å². The van der Waals surface area contributed by atoms with E-state index in [0.717, 1.165) is 19.3 Å². The lowest BCUT2D eigenvalue weighted by Crippen LogP contribution is -2.49. The number of carbonyl (C=O) groups is 1. The molecule has 4 unspecified atom stereocenters. The maximum absolute atomic E-state index is 12.9. The highest BCUT2D eigenvalue weighted by atomic mass is 16.2. The molecule has 0 aromatic heterocycles. The summed E-state index contributed by atoms with van der Waals surface area (Å²) < 4.78 is 0. The Morgan fingerprint density at radius 2 is 2.05 bits per heavy atom. The fourth-order valence-electron chi connectivity index (χ4n) is 4.63. The van der Waals surface area contributed by atoms with Crippen molar-refractivity contribution in [1.29, 1.82) is 0 Å². The van der Waals surface area contributed by atoms with Gasteiger partial charge in [-0.05, 0) is 44.6 Å². The molecule has 120 valence electrons. The van der Waals surface area contributed by atoms with Gasteiger partial charge in [0.1, 0.15) is 0 Å². The van der Waals surface area contributed by atoms with Crippen LogP contribution in [0.2, 0.25) is 0 Å². The smallest absolute Gasteiger partial charge is 0.241 e. The van der Waals surface area contributed by atoms with Gasteiger partial charge in [0.05, 0.1) is 18.2 Å². The second-order valence-electron chi connectivity index (χ2n) is 7.50. The first-order valence-electron chi connectivity index (χ1n) is 8.94. The summed E-state index contributed by atoms with van der Waals surface area (Å²) in [5, 5.41) is 3.64. The lowest BCUT2D eigenvalue weighted by Gasteiger charge is -2.33. The molecule has 1 N–H and O–H groups in total. The molecule has 21 heavy (non-hydrogen) atoms. The third kappa shape index (κ3) is 2.85. The SMILES string of the molecule is CCCC1NC(CC(C)C)C(=O)N1C1CCN2CCCC12. The Morgan fingerprint density at radius 3 is 2.76 bits per heavy atom. The van der Waals surface area contributed by atoms with E-state index in [2.05, 4.69) is 35.9 Å². The highest BCUT2D eigenvalue weighted by Gasteiger charge is 2.48. The summed E-state index contributed by atoms with van der Waals surface area (Å²) in [4.78, 5) is 17.8. The summed E-state index contributed by atoms with van der Waals surface area (Å²) in [6.07, 6.45) is 7.23. The molecule has 0 saturated carbocycles. The number of nitrogens with one attached hydrogen (secondary N) is 1. The van der Waals surface area contributed by atoms with Gasteiger partial charge in [0, 0.05) is 12.6 Å². The second kappa shape index (κ2) is 6.25. The van der Waals surface area contributed by atoms with Crippen molar-refractivity contribution in [1.82, 2.24) is 15.1 Å². The highest BCUT2D eigenvalue weighted by molar-refractivity contribution is 5.84. The van der Waals surface area contributed by atoms with Crippen molar-refractivity contribution in [2.75, 3.05) is 13.1 Å². The van der Waals surface area contributed by atoms with Gasteiger partial charge in [-0.25, -0.2) is 0 Å². The first kappa shape index (κ1) is 15.3. The van der Waals surface area contributed by atoms with E-state index in [4.69, 9.17) is 0 Å². The van der Waals surface area contributed by atoms with Crippen LogP contribution in [-0.4, -0.2) is 53.1 Å². The first-order chi connectivity index (χ1) is 10.1. The van der Waals surface area contributed by atoms with Crippen molar-refractivity contribution in [3.05, 3.63) is 0 Å². The summed E-state index contributed by atoms with van der Waals surface area (Å²) in [5.74, 6) is 0.945. The molecular weight excluding hydrogens is 262 g/mol. The molecule has 0 radical (unpaired) electrons.